The van der Waals surface area contributed by atoms with E-state index in [1.54, 1.807) is 0 Å². The van der Waals surface area contributed by atoms with Gasteiger partial charge >= 0.3 is 11.6 Å². The SMILES string of the molecule is O=c1oc(Nc2ccccc2)nc2sc(-c3ccccc3)c(-c3ccccc3)c12. The Bertz CT molecular complexity index is 1330. The molecule has 1 N–H and O–H groups in total. The Morgan fingerprint density at radius 1 is 0.759 bits per heavy atom. The number of anilines is 2. The first-order valence-corrected chi connectivity index (χ1v) is 10.0. The molecule has 140 valence electrons. The molecule has 0 saturated carbocycles. The summed E-state index contributed by atoms with van der Waals surface area (Å²) < 4.78 is 5.53. The Balaban J connectivity index is 1.74. The summed E-state index contributed by atoms with van der Waals surface area (Å²) in [5.74, 6) is 0. The molecule has 5 heteroatoms. The highest BCUT2D eigenvalue weighted by molar-refractivity contribution is 7.22. The molecule has 0 amide bonds. The van der Waals surface area contributed by atoms with Crippen LogP contribution >= 0.6 is 11.3 Å². The zero-order valence-corrected chi connectivity index (χ0v) is 16.1. The van der Waals surface area contributed by atoms with Gasteiger partial charge < -0.3 is 9.73 Å². The van der Waals surface area contributed by atoms with Crippen molar-refractivity contribution in [1.82, 2.24) is 4.98 Å². The van der Waals surface area contributed by atoms with Crippen molar-refractivity contribution in [3.05, 3.63) is 101 Å². The molecule has 4 nitrogen and oxygen atoms in total. The lowest BCUT2D eigenvalue weighted by Crippen LogP contribution is -2.04. The Hall–Kier alpha value is -3.70. The van der Waals surface area contributed by atoms with E-state index in [4.69, 9.17) is 4.42 Å². The highest BCUT2D eigenvalue weighted by atomic mass is 32.1. The van der Waals surface area contributed by atoms with Crippen molar-refractivity contribution in [2.45, 2.75) is 0 Å². The average molecular weight is 396 g/mol. The standard InChI is InChI=1S/C24H16N2O2S/c27-23-20-19(16-10-4-1-5-11-16)21(17-12-6-2-7-13-17)29-22(20)26-24(28-23)25-18-14-8-3-9-15-18/h1-15H,(H,25,26). The van der Waals surface area contributed by atoms with Crippen molar-refractivity contribution >= 4 is 33.3 Å². The summed E-state index contributed by atoms with van der Waals surface area (Å²) in [7, 11) is 0. The first kappa shape index (κ1) is 17.4. The molecule has 2 aromatic heterocycles. The number of nitrogens with zero attached hydrogens (tertiary/aromatic N) is 1. The van der Waals surface area contributed by atoms with Crippen LogP contribution < -0.4 is 10.9 Å². The molecule has 0 atom stereocenters. The minimum atomic E-state index is -0.397. The second-order valence-corrected chi connectivity index (χ2v) is 7.51. The fourth-order valence-corrected chi connectivity index (χ4v) is 4.50. The number of thiophene rings is 1. The lowest BCUT2D eigenvalue weighted by molar-refractivity contribution is 0.523. The third-order valence-electron chi connectivity index (χ3n) is 4.61. The topological polar surface area (TPSA) is 55.1 Å². The maximum Gasteiger partial charge on any atom is 0.349 e. The third kappa shape index (κ3) is 3.32. The van der Waals surface area contributed by atoms with E-state index in [-0.39, 0.29) is 6.01 Å². The summed E-state index contributed by atoms with van der Waals surface area (Å²) in [5, 5.41) is 3.59. The van der Waals surface area contributed by atoms with E-state index in [0.717, 1.165) is 27.3 Å². The van der Waals surface area contributed by atoms with Crippen LogP contribution in [0.5, 0.6) is 0 Å². The molecular formula is C24H16N2O2S. The fourth-order valence-electron chi connectivity index (χ4n) is 3.31. The van der Waals surface area contributed by atoms with Crippen molar-refractivity contribution in [2.75, 3.05) is 5.32 Å². The third-order valence-corrected chi connectivity index (χ3v) is 5.74. The summed E-state index contributed by atoms with van der Waals surface area (Å²) in [6, 6.07) is 29.7. The molecule has 0 radical (unpaired) electrons. The number of aromatic nitrogens is 1. The van der Waals surface area contributed by atoms with Crippen LogP contribution in [-0.2, 0) is 0 Å². The van der Waals surface area contributed by atoms with Gasteiger partial charge in [-0.25, -0.2) is 4.79 Å². The number of rotatable bonds is 4. The van der Waals surface area contributed by atoms with Gasteiger partial charge in [0.15, 0.2) is 0 Å². The number of nitrogens with one attached hydrogen (secondary N) is 1. The predicted octanol–water partition coefficient (Wildman–Crippen LogP) is 6.33. The maximum absolute atomic E-state index is 13.0. The van der Waals surface area contributed by atoms with Crippen LogP contribution in [0, 0.1) is 0 Å². The quantitative estimate of drug-likeness (QED) is 0.386. The second-order valence-electron chi connectivity index (χ2n) is 6.52. The summed E-state index contributed by atoms with van der Waals surface area (Å²) in [6.45, 7) is 0. The molecule has 2 heterocycles. The first-order chi connectivity index (χ1) is 14.3. The van der Waals surface area contributed by atoms with E-state index in [1.165, 1.54) is 11.3 Å². The number of benzene rings is 3. The molecule has 29 heavy (non-hydrogen) atoms. The number of para-hydroxylation sites is 1. The zero-order valence-electron chi connectivity index (χ0n) is 15.3. The smallest absolute Gasteiger partial charge is 0.349 e. The second kappa shape index (κ2) is 7.37. The summed E-state index contributed by atoms with van der Waals surface area (Å²) in [6.07, 6.45) is 0. The largest absolute Gasteiger partial charge is 0.388 e. The van der Waals surface area contributed by atoms with Crippen LogP contribution in [0.2, 0.25) is 0 Å². The van der Waals surface area contributed by atoms with Gasteiger partial charge in [0.05, 0.1) is 0 Å². The van der Waals surface area contributed by atoms with Crippen LogP contribution in [0.3, 0.4) is 0 Å². The Kier molecular flexibility index (Phi) is 4.42. The fraction of sp³-hybridized carbons (Fsp3) is 0. The highest BCUT2D eigenvalue weighted by Crippen LogP contribution is 2.43. The van der Waals surface area contributed by atoms with Crippen molar-refractivity contribution in [2.24, 2.45) is 0 Å². The molecule has 5 rings (SSSR count). The normalized spacial score (nSPS) is 10.9. The Labute approximate surface area is 171 Å². The van der Waals surface area contributed by atoms with Gasteiger partial charge in [-0.1, -0.05) is 78.9 Å². The van der Waals surface area contributed by atoms with Gasteiger partial charge in [0.25, 0.3) is 0 Å². The molecular weight excluding hydrogens is 380 g/mol. The van der Waals surface area contributed by atoms with E-state index in [0.29, 0.717) is 10.2 Å². The van der Waals surface area contributed by atoms with Crippen molar-refractivity contribution in [3.8, 4) is 21.6 Å². The van der Waals surface area contributed by atoms with Gasteiger partial charge in [-0.05, 0) is 23.3 Å². The Morgan fingerprint density at radius 2 is 1.34 bits per heavy atom. The summed E-state index contributed by atoms with van der Waals surface area (Å²) in [5.41, 5.74) is 3.29. The molecule has 0 aliphatic rings. The zero-order chi connectivity index (χ0) is 19.6. The molecule has 0 unspecified atom stereocenters. The van der Waals surface area contributed by atoms with Crippen molar-refractivity contribution < 1.29 is 4.42 Å². The molecule has 3 aromatic carbocycles. The van der Waals surface area contributed by atoms with Gasteiger partial charge in [-0.2, -0.15) is 4.98 Å². The lowest BCUT2D eigenvalue weighted by Gasteiger charge is -2.05. The lowest BCUT2D eigenvalue weighted by atomic mass is 10.0. The average Bonchev–Trinajstić information content (AvgIpc) is 3.16. The van der Waals surface area contributed by atoms with E-state index in [1.807, 2.05) is 91.0 Å². The summed E-state index contributed by atoms with van der Waals surface area (Å²) >= 11 is 1.50. The van der Waals surface area contributed by atoms with Crippen molar-refractivity contribution in [1.29, 1.82) is 0 Å². The van der Waals surface area contributed by atoms with Crippen LogP contribution in [0.4, 0.5) is 11.7 Å². The number of hydrogen-bond acceptors (Lipinski definition) is 5. The summed E-state index contributed by atoms with van der Waals surface area (Å²) in [4.78, 5) is 19.2. The van der Waals surface area contributed by atoms with E-state index < -0.39 is 5.63 Å². The molecule has 0 bridgehead atoms. The minimum Gasteiger partial charge on any atom is -0.388 e. The first-order valence-electron chi connectivity index (χ1n) is 9.20. The Morgan fingerprint density at radius 3 is 2.00 bits per heavy atom. The van der Waals surface area contributed by atoms with Crippen LogP contribution in [0.15, 0.2) is 100 Å². The van der Waals surface area contributed by atoms with Gasteiger partial charge in [0.2, 0.25) is 0 Å². The van der Waals surface area contributed by atoms with Crippen LogP contribution in [-0.4, -0.2) is 4.98 Å². The molecule has 0 spiro atoms. The number of fused-ring (bicyclic) bond motifs is 1. The van der Waals surface area contributed by atoms with Gasteiger partial charge in [-0.3, -0.25) is 0 Å². The van der Waals surface area contributed by atoms with E-state index in [2.05, 4.69) is 10.3 Å². The van der Waals surface area contributed by atoms with Crippen molar-refractivity contribution in [3.63, 3.8) is 0 Å². The monoisotopic (exact) mass is 396 g/mol. The highest BCUT2D eigenvalue weighted by Gasteiger charge is 2.21. The van der Waals surface area contributed by atoms with Crippen LogP contribution in [0.25, 0.3) is 31.8 Å². The number of hydrogen-bond donors (Lipinski definition) is 1. The van der Waals surface area contributed by atoms with Crippen LogP contribution in [0.1, 0.15) is 0 Å². The molecule has 0 aliphatic heterocycles. The maximum atomic E-state index is 13.0. The van der Waals surface area contributed by atoms with E-state index in [9.17, 15) is 4.79 Å². The molecule has 0 saturated heterocycles. The molecule has 0 fully saturated rings. The van der Waals surface area contributed by atoms with Gasteiger partial charge in [0, 0.05) is 16.1 Å². The van der Waals surface area contributed by atoms with E-state index >= 15 is 0 Å². The molecule has 5 aromatic rings. The van der Waals surface area contributed by atoms with Gasteiger partial charge in [0.1, 0.15) is 10.2 Å². The predicted molar refractivity (Wildman–Crippen MR) is 119 cm³/mol. The molecule has 0 aliphatic carbocycles. The minimum absolute atomic E-state index is 0.189. The van der Waals surface area contributed by atoms with Gasteiger partial charge in [-0.15, -0.1) is 11.3 Å².